The van der Waals surface area contributed by atoms with Crippen molar-refractivity contribution in [2.45, 2.75) is 32.6 Å². The highest BCUT2D eigenvalue weighted by Gasteiger charge is 2.46. The van der Waals surface area contributed by atoms with Crippen molar-refractivity contribution >= 4 is 34.7 Å². The first kappa shape index (κ1) is 24.8. The summed E-state index contributed by atoms with van der Waals surface area (Å²) in [6.07, 6.45) is 1.00. The summed E-state index contributed by atoms with van der Waals surface area (Å²) in [7, 11) is 1.61. The number of hydrogen-bond acceptors (Lipinski definition) is 4. The number of halogens is 1. The predicted molar refractivity (Wildman–Crippen MR) is 148 cm³/mol. The number of aliphatic hydroxyl groups excluding tert-OH is 1. The number of nitrogens with zero attached hydrogens (tertiary/aromatic N) is 1. The molecule has 0 saturated carbocycles. The average molecular weight is 513 g/mol. The number of hydrogen-bond donors (Lipinski definition) is 2. The van der Waals surface area contributed by atoms with E-state index < -0.39 is 5.92 Å². The van der Waals surface area contributed by atoms with Crippen LogP contribution >= 0.6 is 11.6 Å². The van der Waals surface area contributed by atoms with E-state index in [1.165, 1.54) is 0 Å². The van der Waals surface area contributed by atoms with Crippen LogP contribution in [0.2, 0.25) is 5.02 Å². The number of allylic oxidation sites excluding steroid dienone is 2. The molecule has 0 aromatic heterocycles. The van der Waals surface area contributed by atoms with E-state index in [-0.39, 0.29) is 22.8 Å². The topological polar surface area (TPSA) is 73.6 Å². The zero-order chi connectivity index (χ0) is 26.3. The van der Waals surface area contributed by atoms with E-state index in [1.807, 2.05) is 66.7 Å². The Kier molecular flexibility index (Phi) is 6.42. The van der Waals surface area contributed by atoms with Crippen LogP contribution in [-0.4, -0.2) is 23.8 Å². The Morgan fingerprint density at radius 2 is 1.65 bits per heavy atom. The highest BCUT2D eigenvalue weighted by molar-refractivity contribution is 6.30. The number of nitrogens with one attached hydrogen (secondary N) is 1. The van der Waals surface area contributed by atoms with Crippen LogP contribution in [0.3, 0.4) is 0 Å². The van der Waals surface area contributed by atoms with Gasteiger partial charge >= 0.3 is 0 Å². The molecule has 2 N–H and O–H groups in total. The number of ether oxygens (including phenoxy) is 1. The van der Waals surface area contributed by atoms with E-state index in [0.717, 1.165) is 16.9 Å². The van der Waals surface area contributed by atoms with E-state index >= 15 is 0 Å². The van der Waals surface area contributed by atoms with Gasteiger partial charge < -0.3 is 9.84 Å². The molecule has 0 bridgehead atoms. The van der Waals surface area contributed by atoms with E-state index in [9.17, 15) is 15.3 Å². The fraction of sp³-hybridized carbons (Fsp3) is 0.226. The third-order valence-electron chi connectivity index (χ3n) is 7.06. The Morgan fingerprint density at radius 1 is 1.00 bits per heavy atom. The van der Waals surface area contributed by atoms with Crippen molar-refractivity contribution in [1.29, 1.82) is 5.41 Å². The molecule has 0 radical (unpaired) electrons. The van der Waals surface area contributed by atoms with E-state index in [2.05, 4.69) is 13.8 Å². The number of anilines is 1. The first-order valence-electron chi connectivity index (χ1n) is 12.2. The molecular formula is C31H29ClN2O3. The van der Waals surface area contributed by atoms with Crippen molar-refractivity contribution in [3.05, 3.63) is 112 Å². The molecule has 0 saturated heterocycles. The number of carbonyl (C=O) groups excluding carboxylic acids is 1. The van der Waals surface area contributed by atoms with Gasteiger partial charge in [0.25, 0.3) is 0 Å². The van der Waals surface area contributed by atoms with Gasteiger partial charge in [0.15, 0.2) is 5.78 Å². The lowest BCUT2D eigenvalue weighted by molar-refractivity contribution is -0.118. The van der Waals surface area contributed by atoms with Crippen LogP contribution in [-0.2, 0) is 4.79 Å². The quantitative estimate of drug-likeness (QED) is 0.354. The molecule has 0 unspecified atom stereocenters. The van der Waals surface area contributed by atoms with Crippen molar-refractivity contribution in [2.75, 3.05) is 12.0 Å². The zero-order valence-corrected chi connectivity index (χ0v) is 21.8. The minimum atomic E-state index is -0.597. The van der Waals surface area contributed by atoms with Crippen LogP contribution in [0.1, 0.15) is 43.7 Å². The fourth-order valence-corrected chi connectivity index (χ4v) is 5.50. The molecular weight excluding hydrogens is 484 g/mol. The van der Waals surface area contributed by atoms with Crippen LogP contribution in [0.5, 0.6) is 5.75 Å². The third kappa shape index (κ3) is 4.56. The lowest BCUT2D eigenvalue weighted by atomic mass is 9.67. The smallest absolute Gasteiger partial charge is 0.162 e. The molecule has 1 heterocycles. The molecule has 1 aliphatic heterocycles. The first-order valence-corrected chi connectivity index (χ1v) is 12.6. The van der Waals surface area contributed by atoms with E-state index in [4.69, 9.17) is 16.3 Å². The largest absolute Gasteiger partial charge is 0.507 e. The van der Waals surface area contributed by atoms with Gasteiger partial charge in [-0.15, -0.1) is 0 Å². The van der Waals surface area contributed by atoms with E-state index in [0.29, 0.717) is 40.3 Å². The Bertz CT molecular complexity index is 1420. The normalized spacial score (nSPS) is 20.5. The number of aliphatic hydroxyl groups is 1. The van der Waals surface area contributed by atoms with Crippen molar-refractivity contribution in [3.8, 4) is 5.75 Å². The highest BCUT2D eigenvalue weighted by Crippen LogP contribution is 2.51. The number of rotatable bonds is 4. The maximum absolute atomic E-state index is 13.9. The average Bonchev–Trinajstić information content (AvgIpc) is 2.88. The summed E-state index contributed by atoms with van der Waals surface area (Å²) >= 11 is 6.18. The molecule has 3 aromatic carbocycles. The molecule has 0 amide bonds. The summed E-state index contributed by atoms with van der Waals surface area (Å²) in [5, 5.41) is 21.7. The number of methoxy groups -OCH3 is 1. The van der Waals surface area contributed by atoms with Crippen LogP contribution in [0.4, 0.5) is 5.69 Å². The summed E-state index contributed by atoms with van der Waals surface area (Å²) in [4.78, 5) is 15.7. The third-order valence-corrected chi connectivity index (χ3v) is 7.31. The summed E-state index contributed by atoms with van der Waals surface area (Å²) in [5.74, 6) is 0.238. The Morgan fingerprint density at radius 3 is 2.27 bits per heavy atom. The summed E-state index contributed by atoms with van der Waals surface area (Å²) in [6.45, 7) is 4.15. The predicted octanol–water partition coefficient (Wildman–Crippen LogP) is 7.54. The molecule has 1 atom stereocenters. The Hall–Kier alpha value is -3.83. The second kappa shape index (κ2) is 9.56. The monoisotopic (exact) mass is 512 g/mol. The van der Waals surface area contributed by atoms with Gasteiger partial charge in [0, 0.05) is 45.5 Å². The molecule has 0 spiro atoms. The summed E-state index contributed by atoms with van der Waals surface area (Å²) < 4.78 is 5.36. The van der Waals surface area contributed by atoms with Gasteiger partial charge in [-0.1, -0.05) is 67.9 Å². The molecule has 5 rings (SSSR count). The molecule has 1 aliphatic carbocycles. The number of benzene rings is 3. The van der Waals surface area contributed by atoms with Gasteiger partial charge in [-0.05, 0) is 53.8 Å². The van der Waals surface area contributed by atoms with Gasteiger partial charge in [0.2, 0.25) is 0 Å². The minimum absolute atomic E-state index is 0.0189. The molecule has 188 valence electrons. The second-order valence-corrected chi connectivity index (χ2v) is 10.7. The molecule has 3 aromatic rings. The summed E-state index contributed by atoms with van der Waals surface area (Å²) in [5.41, 5.74) is 3.65. The van der Waals surface area contributed by atoms with Crippen molar-refractivity contribution < 1.29 is 14.6 Å². The SMILES string of the molecule is COc1ccc([C@@H]2C(=C(O)c3ccccc3)C(=N)N(c3ccc(Cl)cc3)C3=C2C(=O)CC(C)(C)C3)cc1. The number of carbonyl (C=O) groups is 1. The molecule has 0 fully saturated rings. The Labute approximate surface area is 222 Å². The van der Waals surface area contributed by atoms with Crippen molar-refractivity contribution in [3.63, 3.8) is 0 Å². The first-order chi connectivity index (χ1) is 17.7. The van der Waals surface area contributed by atoms with Gasteiger partial charge in [0.1, 0.15) is 17.3 Å². The Balaban J connectivity index is 1.83. The maximum atomic E-state index is 13.9. The van der Waals surface area contributed by atoms with Crippen LogP contribution in [0.25, 0.3) is 5.76 Å². The molecule has 2 aliphatic rings. The van der Waals surface area contributed by atoms with Crippen LogP contribution < -0.4 is 9.64 Å². The zero-order valence-electron chi connectivity index (χ0n) is 21.1. The fourth-order valence-electron chi connectivity index (χ4n) is 5.37. The van der Waals surface area contributed by atoms with Crippen LogP contribution in [0, 0.1) is 10.8 Å². The van der Waals surface area contributed by atoms with Crippen LogP contribution in [0.15, 0.2) is 95.7 Å². The van der Waals surface area contributed by atoms with Crippen molar-refractivity contribution in [2.24, 2.45) is 5.41 Å². The second-order valence-electron chi connectivity index (χ2n) is 10.3. The lowest BCUT2D eigenvalue weighted by Crippen LogP contribution is -2.45. The van der Waals surface area contributed by atoms with Crippen molar-refractivity contribution in [1.82, 2.24) is 0 Å². The standard InChI is InChI=1S/C31H29ClN2O3/c1-31(2)17-24-27(25(35)18-31)26(19-9-15-23(37-3)16-10-19)28(29(36)20-7-5-4-6-8-20)30(33)34(24)22-13-11-21(32)12-14-22/h4-16,26,33,36H,17-18H2,1-3H3/t26-/m0/s1. The van der Waals surface area contributed by atoms with Gasteiger partial charge in [-0.25, -0.2) is 0 Å². The van der Waals surface area contributed by atoms with Gasteiger partial charge in [-0.2, -0.15) is 0 Å². The molecule has 5 nitrogen and oxygen atoms in total. The van der Waals surface area contributed by atoms with Gasteiger partial charge in [0.05, 0.1) is 7.11 Å². The highest BCUT2D eigenvalue weighted by atomic mass is 35.5. The van der Waals surface area contributed by atoms with Gasteiger partial charge in [-0.3, -0.25) is 15.1 Å². The van der Waals surface area contributed by atoms with E-state index in [1.54, 1.807) is 24.1 Å². The lowest BCUT2D eigenvalue weighted by Gasteiger charge is -2.45. The molecule has 6 heteroatoms. The maximum Gasteiger partial charge on any atom is 0.162 e. The summed E-state index contributed by atoms with van der Waals surface area (Å²) in [6, 6.07) is 23.9. The number of Topliss-reactive ketones (excluding diaryl/α,β-unsaturated/α-hetero) is 1. The number of amidine groups is 1. The minimum Gasteiger partial charge on any atom is -0.507 e. The molecule has 37 heavy (non-hydrogen) atoms. The number of ketones is 1.